The third-order valence-electron chi connectivity index (χ3n) is 5.32. The normalized spacial score (nSPS) is 14.5. The minimum absolute atomic E-state index is 0.0119. The summed E-state index contributed by atoms with van der Waals surface area (Å²) >= 11 is 0. The van der Waals surface area contributed by atoms with Gasteiger partial charge in [0.2, 0.25) is 5.91 Å². The minimum atomic E-state index is -0.326. The van der Waals surface area contributed by atoms with Gasteiger partial charge in [-0.1, -0.05) is 36.4 Å². The number of aromatic nitrogens is 1. The number of piperazine rings is 1. The number of halogens is 1. The third kappa shape index (κ3) is 3.70. The first-order valence-corrected chi connectivity index (χ1v) is 9.61. The van der Waals surface area contributed by atoms with Crippen LogP contribution >= 0.6 is 0 Å². The molecule has 0 bridgehead atoms. The lowest BCUT2D eigenvalue weighted by Crippen LogP contribution is -2.51. The zero-order valence-corrected chi connectivity index (χ0v) is 16.5. The fourth-order valence-electron chi connectivity index (χ4n) is 3.75. The Kier molecular flexibility index (Phi) is 5.01. The van der Waals surface area contributed by atoms with E-state index >= 15 is 0 Å². The highest BCUT2D eigenvalue weighted by Gasteiger charge is 2.29. The fraction of sp³-hybridized carbons (Fsp3) is 0.261. The summed E-state index contributed by atoms with van der Waals surface area (Å²) in [5.74, 6) is -0.683. The lowest BCUT2D eigenvalue weighted by molar-refractivity contribution is -0.135. The van der Waals surface area contributed by atoms with Gasteiger partial charge in [0, 0.05) is 36.3 Å². The second kappa shape index (κ2) is 7.62. The molecule has 2 amide bonds. The van der Waals surface area contributed by atoms with Crippen LogP contribution in [0, 0.1) is 19.7 Å². The summed E-state index contributed by atoms with van der Waals surface area (Å²) in [6.07, 6.45) is 0. The Morgan fingerprint density at radius 3 is 2.66 bits per heavy atom. The van der Waals surface area contributed by atoms with Gasteiger partial charge < -0.3 is 9.80 Å². The number of carbonyl (C=O) groups is 2. The van der Waals surface area contributed by atoms with Gasteiger partial charge in [-0.2, -0.15) is 0 Å². The molecule has 6 heteroatoms. The van der Waals surface area contributed by atoms with Crippen LogP contribution in [0.3, 0.4) is 0 Å². The Hall–Kier alpha value is -3.28. The molecule has 2 heterocycles. The van der Waals surface area contributed by atoms with E-state index in [4.69, 9.17) is 0 Å². The highest BCUT2D eigenvalue weighted by molar-refractivity contribution is 6.07. The van der Waals surface area contributed by atoms with E-state index in [1.807, 2.05) is 32.0 Å². The van der Waals surface area contributed by atoms with Crippen LogP contribution < -0.4 is 0 Å². The van der Waals surface area contributed by atoms with Crippen molar-refractivity contribution in [1.29, 1.82) is 0 Å². The lowest BCUT2D eigenvalue weighted by Gasteiger charge is -2.34. The number of pyridine rings is 1. The van der Waals surface area contributed by atoms with Gasteiger partial charge in [-0.05, 0) is 31.5 Å². The molecule has 29 heavy (non-hydrogen) atoms. The number of hydrogen-bond donors (Lipinski definition) is 0. The molecule has 0 spiro atoms. The number of para-hydroxylation sites is 1. The molecule has 1 aliphatic rings. The van der Waals surface area contributed by atoms with Gasteiger partial charge in [-0.15, -0.1) is 0 Å². The van der Waals surface area contributed by atoms with Gasteiger partial charge in [0.25, 0.3) is 5.91 Å². The summed E-state index contributed by atoms with van der Waals surface area (Å²) in [6.45, 7) is 4.81. The van der Waals surface area contributed by atoms with Crippen molar-refractivity contribution in [2.24, 2.45) is 0 Å². The molecule has 0 unspecified atom stereocenters. The molecule has 1 saturated heterocycles. The molecular formula is C23H22FN3O2. The van der Waals surface area contributed by atoms with Gasteiger partial charge >= 0.3 is 0 Å². The number of amides is 2. The minimum Gasteiger partial charge on any atom is -0.335 e. The molecule has 0 N–H and O–H groups in total. The summed E-state index contributed by atoms with van der Waals surface area (Å²) < 4.78 is 13.9. The highest BCUT2D eigenvalue weighted by atomic mass is 19.1. The van der Waals surface area contributed by atoms with Crippen LogP contribution in [0.5, 0.6) is 0 Å². The van der Waals surface area contributed by atoms with Crippen molar-refractivity contribution in [1.82, 2.24) is 14.8 Å². The number of carbonyl (C=O) groups excluding carboxylic acids is 2. The van der Waals surface area contributed by atoms with E-state index in [2.05, 4.69) is 4.98 Å². The van der Waals surface area contributed by atoms with Crippen molar-refractivity contribution in [3.63, 3.8) is 0 Å². The topological polar surface area (TPSA) is 53.5 Å². The van der Waals surface area contributed by atoms with Gasteiger partial charge in [-0.3, -0.25) is 14.6 Å². The molecule has 148 valence electrons. The molecular weight excluding hydrogens is 369 g/mol. The quantitative estimate of drug-likeness (QED) is 0.687. The van der Waals surface area contributed by atoms with E-state index in [0.717, 1.165) is 22.2 Å². The van der Waals surface area contributed by atoms with Gasteiger partial charge in [0.1, 0.15) is 12.4 Å². The maximum absolute atomic E-state index is 13.9. The Morgan fingerprint density at radius 2 is 1.90 bits per heavy atom. The molecule has 0 radical (unpaired) electrons. The second-order valence-electron chi connectivity index (χ2n) is 7.42. The number of benzene rings is 2. The monoisotopic (exact) mass is 391 g/mol. The first kappa shape index (κ1) is 19.1. The zero-order valence-electron chi connectivity index (χ0n) is 16.5. The van der Waals surface area contributed by atoms with Crippen LogP contribution in [0.4, 0.5) is 4.39 Å². The van der Waals surface area contributed by atoms with Crippen molar-refractivity contribution in [2.75, 3.05) is 19.6 Å². The first-order chi connectivity index (χ1) is 13.9. The maximum atomic E-state index is 13.9. The molecule has 1 aromatic heterocycles. The lowest BCUT2D eigenvalue weighted by atomic mass is 10.0. The molecule has 4 rings (SSSR count). The smallest absolute Gasteiger partial charge is 0.255 e. The Bertz CT molecular complexity index is 1110. The largest absolute Gasteiger partial charge is 0.335 e. The number of aryl methyl sites for hydroxylation is 2. The second-order valence-corrected chi connectivity index (χ2v) is 7.42. The maximum Gasteiger partial charge on any atom is 0.255 e. The molecule has 1 aliphatic heterocycles. The van der Waals surface area contributed by atoms with Crippen molar-refractivity contribution >= 4 is 22.7 Å². The number of rotatable bonds is 3. The molecule has 1 fully saturated rings. The van der Waals surface area contributed by atoms with E-state index in [-0.39, 0.29) is 30.7 Å². The van der Waals surface area contributed by atoms with E-state index in [9.17, 15) is 14.0 Å². The van der Waals surface area contributed by atoms with Crippen LogP contribution in [-0.2, 0) is 11.3 Å². The van der Waals surface area contributed by atoms with Gasteiger partial charge in [0.15, 0.2) is 0 Å². The van der Waals surface area contributed by atoms with Crippen LogP contribution in [-0.4, -0.2) is 46.2 Å². The van der Waals surface area contributed by atoms with Crippen LogP contribution in [0.25, 0.3) is 10.9 Å². The summed E-state index contributed by atoms with van der Waals surface area (Å²) in [7, 11) is 0. The third-order valence-corrected chi connectivity index (χ3v) is 5.32. The molecule has 0 saturated carbocycles. The Morgan fingerprint density at radius 1 is 1.10 bits per heavy atom. The zero-order chi connectivity index (χ0) is 20.5. The SMILES string of the molecule is Cc1cc(C(=O)N2CCN(Cc3ccccc3F)C(=O)C2)c2cccc(C)c2n1. The average molecular weight is 391 g/mol. The Labute approximate surface area is 168 Å². The van der Waals surface area contributed by atoms with E-state index < -0.39 is 0 Å². The number of hydrogen-bond acceptors (Lipinski definition) is 3. The molecule has 5 nitrogen and oxygen atoms in total. The molecule has 2 aromatic carbocycles. The van der Waals surface area contributed by atoms with Crippen molar-refractivity contribution < 1.29 is 14.0 Å². The first-order valence-electron chi connectivity index (χ1n) is 9.61. The van der Waals surface area contributed by atoms with Crippen LogP contribution in [0.2, 0.25) is 0 Å². The number of nitrogens with zero attached hydrogens (tertiary/aromatic N) is 3. The Balaban J connectivity index is 1.55. The van der Waals surface area contributed by atoms with E-state index in [1.54, 1.807) is 34.1 Å². The van der Waals surface area contributed by atoms with Crippen molar-refractivity contribution in [3.05, 3.63) is 76.7 Å². The van der Waals surface area contributed by atoms with Gasteiger partial charge in [0.05, 0.1) is 11.1 Å². The fourth-order valence-corrected chi connectivity index (χ4v) is 3.75. The summed E-state index contributed by atoms with van der Waals surface area (Å²) in [6, 6.07) is 14.0. The van der Waals surface area contributed by atoms with Gasteiger partial charge in [-0.25, -0.2) is 4.39 Å². The summed E-state index contributed by atoms with van der Waals surface area (Å²) in [5, 5.41) is 0.793. The van der Waals surface area contributed by atoms with Crippen molar-refractivity contribution in [3.8, 4) is 0 Å². The van der Waals surface area contributed by atoms with Crippen molar-refractivity contribution in [2.45, 2.75) is 20.4 Å². The predicted octanol–water partition coefficient (Wildman–Crippen LogP) is 3.48. The molecule has 0 atom stereocenters. The standard InChI is InChI=1S/C23H22FN3O2/c1-15-6-5-8-18-19(12-16(2)25-22(15)18)23(29)27-11-10-26(21(28)14-27)13-17-7-3-4-9-20(17)24/h3-9,12H,10-11,13-14H2,1-2H3. The van der Waals surface area contributed by atoms with Crippen LogP contribution in [0.1, 0.15) is 27.2 Å². The average Bonchev–Trinajstić information content (AvgIpc) is 2.70. The van der Waals surface area contributed by atoms with E-state index in [1.165, 1.54) is 6.07 Å². The summed E-state index contributed by atoms with van der Waals surface area (Å²) in [5.41, 5.74) is 3.62. The molecule has 3 aromatic rings. The number of fused-ring (bicyclic) bond motifs is 1. The molecule has 0 aliphatic carbocycles. The van der Waals surface area contributed by atoms with E-state index in [0.29, 0.717) is 24.2 Å². The summed E-state index contributed by atoms with van der Waals surface area (Å²) in [4.78, 5) is 33.6. The highest BCUT2D eigenvalue weighted by Crippen LogP contribution is 2.23. The van der Waals surface area contributed by atoms with Crippen LogP contribution in [0.15, 0.2) is 48.5 Å². The predicted molar refractivity (Wildman–Crippen MR) is 109 cm³/mol.